The van der Waals surface area contributed by atoms with Crippen LogP contribution in [-0.4, -0.2) is 36.9 Å². The second-order valence-electron chi connectivity index (χ2n) is 7.99. The number of nitrogens with zero attached hydrogens (tertiary/aromatic N) is 2. The van der Waals surface area contributed by atoms with E-state index in [0.29, 0.717) is 23.7 Å². The van der Waals surface area contributed by atoms with Gasteiger partial charge in [-0.25, -0.2) is 0 Å². The summed E-state index contributed by atoms with van der Waals surface area (Å²) in [6.07, 6.45) is 0.173. The van der Waals surface area contributed by atoms with Gasteiger partial charge in [0.15, 0.2) is 0 Å². The van der Waals surface area contributed by atoms with Crippen molar-refractivity contribution in [2.45, 2.75) is 19.0 Å². The van der Waals surface area contributed by atoms with E-state index in [-0.39, 0.29) is 18.2 Å². The zero-order valence-corrected chi connectivity index (χ0v) is 18.8. The molecule has 32 heavy (non-hydrogen) atoms. The molecule has 0 spiro atoms. The second-order valence-corrected chi connectivity index (χ2v) is 8.39. The zero-order chi connectivity index (χ0) is 22.5. The van der Waals surface area contributed by atoms with E-state index in [4.69, 9.17) is 11.6 Å². The van der Waals surface area contributed by atoms with Crippen LogP contribution < -0.4 is 10.2 Å². The summed E-state index contributed by atoms with van der Waals surface area (Å²) in [6.45, 7) is 1.94. The van der Waals surface area contributed by atoms with E-state index in [2.05, 4.69) is 22.3 Å². The molecular formula is C26H26ClN3O2. The van der Waals surface area contributed by atoms with E-state index < -0.39 is 6.04 Å². The molecule has 1 aliphatic rings. The molecule has 4 rings (SSSR count). The molecule has 3 aromatic carbocycles. The highest BCUT2D eigenvalue weighted by atomic mass is 35.5. The van der Waals surface area contributed by atoms with Crippen LogP contribution in [0.4, 0.5) is 5.69 Å². The summed E-state index contributed by atoms with van der Waals surface area (Å²) in [5.74, 6) is -0.290. The second kappa shape index (κ2) is 9.88. The summed E-state index contributed by atoms with van der Waals surface area (Å²) in [6, 6.07) is 24.2. The number of carbonyl (C=O) groups is 2. The number of hydrogen-bond donors (Lipinski definition) is 1. The third-order valence-electron chi connectivity index (χ3n) is 5.83. The van der Waals surface area contributed by atoms with Gasteiger partial charge in [-0.3, -0.25) is 9.59 Å². The van der Waals surface area contributed by atoms with E-state index in [1.54, 1.807) is 24.3 Å². The monoisotopic (exact) mass is 447 g/mol. The summed E-state index contributed by atoms with van der Waals surface area (Å²) in [5.41, 5.74) is 3.55. The molecule has 164 valence electrons. The number of fused-ring (bicyclic) bond motifs is 1. The lowest BCUT2D eigenvalue weighted by atomic mass is 10.0. The van der Waals surface area contributed by atoms with Crippen molar-refractivity contribution < 1.29 is 9.59 Å². The van der Waals surface area contributed by atoms with Gasteiger partial charge in [-0.15, -0.1) is 0 Å². The Bertz CT molecular complexity index is 1100. The smallest absolute Gasteiger partial charge is 0.253 e. The molecule has 1 aliphatic heterocycles. The minimum Gasteiger partial charge on any atom is -0.373 e. The highest BCUT2D eigenvalue weighted by molar-refractivity contribution is 6.33. The van der Waals surface area contributed by atoms with Gasteiger partial charge < -0.3 is 15.1 Å². The molecule has 0 saturated heterocycles. The van der Waals surface area contributed by atoms with Gasteiger partial charge in [0, 0.05) is 32.4 Å². The van der Waals surface area contributed by atoms with Crippen LogP contribution >= 0.6 is 11.6 Å². The van der Waals surface area contributed by atoms with E-state index in [1.807, 2.05) is 54.4 Å². The molecule has 0 aliphatic carbocycles. The number of halogens is 1. The molecule has 0 radical (unpaired) electrons. The van der Waals surface area contributed by atoms with Crippen LogP contribution in [0.25, 0.3) is 0 Å². The first-order chi connectivity index (χ1) is 15.5. The lowest BCUT2D eigenvalue weighted by molar-refractivity contribution is -0.132. The average molecular weight is 448 g/mol. The summed E-state index contributed by atoms with van der Waals surface area (Å²) in [7, 11) is 2.05. The van der Waals surface area contributed by atoms with Crippen LogP contribution in [0.3, 0.4) is 0 Å². The quantitative estimate of drug-likeness (QED) is 0.617. The van der Waals surface area contributed by atoms with Crippen LogP contribution in [0, 0.1) is 0 Å². The maximum Gasteiger partial charge on any atom is 0.253 e. The van der Waals surface area contributed by atoms with Crippen molar-refractivity contribution in [3.8, 4) is 0 Å². The Labute approximate surface area is 193 Å². The van der Waals surface area contributed by atoms with Crippen molar-refractivity contribution in [2.24, 2.45) is 0 Å². The Kier molecular flexibility index (Phi) is 6.76. The molecule has 0 fully saturated rings. The average Bonchev–Trinajstić information content (AvgIpc) is 2.98. The third kappa shape index (κ3) is 4.94. The molecule has 0 bridgehead atoms. The predicted molar refractivity (Wildman–Crippen MR) is 128 cm³/mol. The molecule has 1 N–H and O–H groups in total. The normalized spacial score (nSPS) is 14.3. The Morgan fingerprint density at radius 3 is 2.41 bits per heavy atom. The number of likely N-dealkylation sites (N-methyl/N-ethyl adjacent to an activating group) is 1. The number of para-hydroxylation sites is 1. The Morgan fingerprint density at radius 2 is 1.62 bits per heavy atom. The Balaban J connectivity index is 1.54. The van der Waals surface area contributed by atoms with Gasteiger partial charge in [0.25, 0.3) is 5.91 Å². The fraction of sp³-hybridized carbons (Fsp3) is 0.231. The first kappa shape index (κ1) is 21.9. The Morgan fingerprint density at radius 1 is 0.938 bits per heavy atom. The molecule has 5 nitrogen and oxygen atoms in total. The van der Waals surface area contributed by atoms with Gasteiger partial charge in [-0.2, -0.15) is 0 Å². The van der Waals surface area contributed by atoms with E-state index in [1.165, 1.54) is 0 Å². The lowest BCUT2D eigenvalue weighted by Gasteiger charge is -2.25. The third-order valence-corrected chi connectivity index (χ3v) is 6.16. The summed E-state index contributed by atoms with van der Waals surface area (Å²) < 4.78 is 0. The predicted octanol–water partition coefficient (Wildman–Crippen LogP) is 4.68. The van der Waals surface area contributed by atoms with Crippen molar-refractivity contribution >= 4 is 29.1 Å². The molecule has 1 unspecified atom stereocenters. The van der Waals surface area contributed by atoms with Gasteiger partial charge in [0.05, 0.1) is 23.0 Å². The SMILES string of the molecule is CN1CCN(C(=O)CC(NC(=O)c2ccccc2Cl)c2ccccc2)Cc2ccccc21. The van der Waals surface area contributed by atoms with Crippen molar-refractivity contribution in [1.82, 2.24) is 10.2 Å². The minimum atomic E-state index is -0.455. The fourth-order valence-electron chi connectivity index (χ4n) is 4.03. The molecule has 6 heteroatoms. The fourth-order valence-corrected chi connectivity index (χ4v) is 4.25. The first-order valence-electron chi connectivity index (χ1n) is 10.7. The van der Waals surface area contributed by atoms with Gasteiger partial charge in [0.1, 0.15) is 0 Å². The molecule has 1 heterocycles. The summed E-state index contributed by atoms with van der Waals surface area (Å²) in [5, 5.41) is 3.41. The zero-order valence-electron chi connectivity index (χ0n) is 18.0. The lowest BCUT2D eigenvalue weighted by Crippen LogP contribution is -2.38. The van der Waals surface area contributed by atoms with Gasteiger partial charge in [-0.1, -0.05) is 72.3 Å². The van der Waals surface area contributed by atoms with Crippen LogP contribution in [0.1, 0.15) is 33.9 Å². The molecule has 2 amide bonds. The largest absolute Gasteiger partial charge is 0.373 e. The van der Waals surface area contributed by atoms with Gasteiger partial charge >= 0.3 is 0 Å². The van der Waals surface area contributed by atoms with Crippen LogP contribution in [0.15, 0.2) is 78.9 Å². The topological polar surface area (TPSA) is 52.6 Å². The van der Waals surface area contributed by atoms with Crippen molar-refractivity contribution in [2.75, 3.05) is 25.0 Å². The van der Waals surface area contributed by atoms with Crippen molar-refractivity contribution in [1.29, 1.82) is 0 Å². The maximum absolute atomic E-state index is 13.4. The Hall–Kier alpha value is -3.31. The number of rotatable bonds is 5. The first-order valence-corrected chi connectivity index (χ1v) is 11.1. The minimum absolute atomic E-state index is 0.00316. The molecule has 3 aromatic rings. The molecular weight excluding hydrogens is 422 g/mol. The number of hydrogen-bond acceptors (Lipinski definition) is 3. The number of amides is 2. The van der Waals surface area contributed by atoms with Crippen molar-refractivity contribution in [3.63, 3.8) is 0 Å². The number of nitrogens with one attached hydrogen (secondary N) is 1. The number of carbonyl (C=O) groups excluding carboxylic acids is 2. The molecule has 1 atom stereocenters. The highest BCUT2D eigenvalue weighted by Crippen LogP contribution is 2.26. The van der Waals surface area contributed by atoms with Gasteiger partial charge in [0.2, 0.25) is 5.91 Å². The maximum atomic E-state index is 13.4. The molecule has 0 aromatic heterocycles. The standard InChI is InChI=1S/C26H26ClN3O2/c1-29-15-16-30(18-20-11-5-8-14-24(20)29)25(31)17-23(19-9-3-2-4-10-19)28-26(32)21-12-6-7-13-22(21)27/h2-14,23H,15-18H2,1H3,(H,28,32). The van der Waals surface area contributed by atoms with E-state index in [9.17, 15) is 9.59 Å². The van der Waals surface area contributed by atoms with Crippen molar-refractivity contribution in [3.05, 3.63) is 101 Å². The van der Waals surface area contributed by atoms with E-state index in [0.717, 1.165) is 23.4 Å². The van der Waals surface area contributed by atoms with Crippen LogP contribution in [-0.2, 0) is 11.3 Å². The van der Waals surface area contributed by atoms with Gasteiger partial charge in [-0.05, 0) is 29.3 Å². The van der Waals surface area contributed by atoms with Crippen LogP contribution in [0.5, 0.6) is 0 Å². The number of anilines is 1. The summed E-state index contributed by atoms with van der Waals surface area (Å²) >= 11 is 6.22. The molecule has 0 saturated carbocycles. The summed E-state index contributed by atoms with van der Waals surface area (Å²) in [4.78, 5) is 30.4. The number of benzene rings is 3. The van der Waals surface area contributed by atoms with E-state index >= 15 is 0 Å². The van der Waals surface area contributed by atoms with Crippen LogP contribution in [0.2, 0.25) is 5.02 Å². The highest BCUT2D eigenvalue weighted by Gasteiger charge is 2.26.